The number of nitrogens with one attached hydrogen (secondary N) is 1. The first-order valence-electron chi connectivity index (χ1n) is 4.92. The van der Waals surface area contributed by atoms with E-state index in [1.807, 2.05) is 13.8 Å². The van der Waals surface area contributed by atoms with Gasteiger partial charge in [-0.1, -0.05) is 0 Å². The topological polar surface area (TPSA) is 67.3 Å². The molecule has 2 N–H and O–H groups in total. The smallest absolute Gasteiger partial charge is 0.221 e. The molecule has 0 saturated carbocycles. The summed E-state index contributed by atoms with van der Waals surface area (Å²) in [6, 6.07) is 0.174. The summed E-state index contributed by atoms with van der Waals surface area (Å²) in [6.07, 6.45) is 2.14. The second kappa shape index (κ2) is 5.50. The van der Waals surface area contributed by atoms with Crippen LogP contribution in [0.1, 0.15) is 18.9 Å². The van der Waals surface area contributed by atoms with Crippen LogP contribution >= 0.6 is 0 Å². The highest BCUT2D eigenvalue weighted by molar-refractivity contribution is 5.48. The molecule has 5 nitrogen and oxygen atoms in total. The van der Waals surface area contributed by atoms with Crippen LogP contribution in [0.4, 0.5) is 5.82 Å². The SMILES string of the molecule is COc1ncnc(NC(C)CCO)c1C. The third-order valence-corrected chi connectivity index (χ3v) is 2.18. The minimum Gasteiger partial charge on any atom is -0.481 e. The van der Waals surface area contributed by atoms with E-state index in [2.05, 4.69) is 15.3 Å². The predicted molar refractivity (Wildman–Crippen MR) is 58.1 cm³/mol. The first kappa shape index (κ1) is 11.7. The van der Waals surface area contributed by atoms with Gasteiger partial charge >= 0.3 is 0 Å². The third kappa shape index (κ3) is 3.06. The Kier molecular flexibility index (Phi) is 4.30. The second-order valence-corrected chi connectivity index (χ2v) is 3.41. The van der Waals surface area contributed by atoms with Crippen molar-refractivity contribution in [1.82, 2.24) is 9.97 Å². The van der Waals surface area contributed by atoms with Gasteiger partial charge in [-0.2, -0.15) is 0 Å². The van der Waals surface area contributed by atoms with Gasteiger partial charge in [-0.05, 0) is 20.3 Å². The number of ether oxygens (including phenoxy) is 1. The molecule has 0 saturated heterocycles. The largest absolute Gasteiger partial charge is 0.481 e. The van der Waals surface area contributed by atoms with Gasteiger partial charge in [-0.3, -0.25) is 0 Å². The average Bonchev–Trinajstić information content (AvgIpc) is 2.21. The molecule has 1 heterocycles. The zero-order valence-corrected chi connectivity index (χ0v) is 9.32. The van der Waals surface area contributed by atoms with Gasteiger partial charge in [-0.25, -0.2) is 9.97 Å². The lowest BCUT2D eigenvalue weighted by Crippen LogP contribution is -2.18. The second-order valence-electron chi connectivity index (χ2n) is 3.41. The van der Waals surface area contributed by atoms with E-state index in [1.165, 1.54) is 6.33 Å². The number of methoxy groups -OCH3 is 1. The molecule has 84 valence electrons. The van der Waals surface area contributed by atoms with E-state index in [0.29, 0.717) is 12.3 Å². The molecule has 0 fully saturated rings. The maximum atomic E-state index is 8.79. The molecule has 0 aliphatic carbocycles. The highest BCUT2D eigenvalue weighted by atomic mass is 16.5. The van der Waals surface area contributed by atoms with Crippen molar-refractivity contribution in [1.29, 1.82) is 0 Å². The molecule has 1 rings (SSSR count). The highest BCUT2D eigenvalue weighted by Crippen LogP contribution is 2.20. The van der Waals surface area contributed by atoms with Gasteiger partial charge in [0.2, 0.25) is 5.88 Å². The Hall–Kier alpha value is -1.36. The summed E-state index contributed by atoms with van der Waals surface area (Å²) in [4.78, 5) is 8.11. The van der Waals surface area contributed by atoms with Crippen LogP contribution in [-0.4, -0.2) is 34.8 Å². The minimum atomic E-state index is 0.162. The van der Waals surface area contributed by atoms with Crippen molar-refractivity contribution >= 4 is 5.82 Å². The molecule has 1 atom stereocenters. The highest BCUT2D eigenvalue weighted by Gasteiger charge is 2.09. The van der Waals surface area contributed by atoms with E-state index < -0.39 is 0 Å². The number of aliphatic hydroxyl groups is 1. The van der Waals surface area contributed by atoms with Gasteiger partial charge in [0.25, 0.3) is 0 Å². The molecule has 0 amide bonds. The number of aliphatic hydroxyl groups excluding tert-OH is 1. The molecule has 1 aromatic rings. The summed E-state index contributed by atoms with van der Waals surface area (Å²) >= 11 is 0. The first-order chi connectivity index (χ1) is 7.19. The van der Waals surface area contributed by atoms with Crippen molar-refractivity contribution in [2.45, 2.75) is 26.3 Å². The van der Waals surface area contributed by atoms with Gasteiger partial charge in [0.1, 0.15) is 12.1 Å². The Labute approximate surface area is 89.5 Å². The molecule has 0 bridgehead atoms. The monoisotopic (exact) mass is 211 g/mol. The zero-order valence-electron chi connectivity index (χ0n) is 9.32. The molecule has 0 spiro atoms. The van der Waals surface area contributed by atoms with E-state index in [-0.39, 0.29) is 12.6 Å². The van der Waals surface area contributed by atoms with Crippen molar-refractivity contribution in [3.8, 4) is 5.88 Å². The summed E-state index contributed by atoms with van der Waals surface area (Å²) in [5, 5.41) is 12.0. The summed E-state index contributed by atoms with van der Waals surface area (Å²) in [7, 11) is 1.58. The molecule has 0 aliphatic rings. The van der Waals surface area contributed by atoms with Gasteiger partial charge in [0.15, 0.2) is 0 Å². The van der Waals surface area contributed by atoms with Crippen LogP contribution in [-0.2, 0) is 0 Å². The lowest BCUT2D eigenvalue weighted by atomic mass is 10.2. The first-order valence-corrected chi connectivity index (χ1v) is 4.92. The zero-order chi connectivity index (χ0) is 11.3. The maximum Gasteiger partial charge on any atom is 0.221 e. The predicted octanol–water partition coefficient (Wildman–Crippen LogP) is 0.976. The van der Waals surface area contributed by atoms with Gasteiger partial charge < -0.3 is 15.2 Å². The molecule has 15 heavy (non-hydrogen) atoms. The number of anilines is 1. The Balaban J connectivity index is 2.76. The molecule has 1 unspecified atom stereocenters. The minimum absolute atomic E-state index is 0.162. The van der Waals surface area contributed by atoms with Crippen LogP contribution in [0.3, 0.4) is 0 Å². The lowest BCUT2D eigenvalue weighted by Gasteiger charge is -2.15. The Morgan fingerprint density at radius 2 is 2.27 bits per heavy atom. The molecule has 0 aliphatic heterocycles. The number of aromatic nitrogens is 2. The fourth-order valence-electron chi connectivity index (χ4n) is 1.28. The molecule has 5 heteroatoms. The summed E-state index contributed by atoms with van der Waals surface area (Å²) < 4.78 is 5.09. The van der Waals surface area contributed by atoms with E-state index in [0.717, 1.165) is 11.4 Å². The summed E-state index contributed by atoms with van der Waals surface area (Å²) in [5.41, 5.74) is 0.879. The number of hydrogen-bond acceptors (Lipinski definition) is 5. The van der Waals surface area contributed by atoms with Crippen molar-refractivity contribution in [2.24, 2.45) is 0 Å². The number of nitrogens with zero attached hydrogens (tertiary/aromatic N) is 2. The van der Waals surface area contributed by atoms with Crippen molar-refractivity contribution < 1.29 is 9.84 Å². The standard InChI is InChI=1S/C10H17N3O2/c1-7(4-5-14)13-9-8(2)10(15-3)12-6-11-9/h6-7,14H,4-5H2,1-3H3,(H,11,12,13). The fourth-order valence-corrected chi connectivity index (χ4v) is 1.28. The molecule has 0 aromatic carbocycles. The number of rotatable bonds is 5. The van der Waals surface area contributed by atoms with Crippen molar-refractivity contribution in [3.63, 3.8) is 0 Å². The van der Waals surface area contributed by atoms with E-state index in [1.54, 1.807) is 7.11 Å². The van der Waals surface area contributed by atoms with Crippen LogP contribution < -0.4 is 10.1 Å². The van der Waals surface area contributed by atoms with Gasteiger partial charge in [0.05, 0.1) is 12.7 Å². The molecule has 0 radical (unpaired) electrons. The van der Waals surface area contributed by atoms with Crippen LogP contribution in [0.15, 0.2) is 6.33 Å². The Morgan fingerprint density at radius 3 is 2.87 bits per heavy atom. The molecular weight excluding hydrogens is 194 g/mol. The van der Waals surface area contributed by atoms with E-state index >= 15 is 0 Å². The molecule has 1 aromatic heterocycles. The van der Waals surface area contributed by atoms with E-state index in [9.17, 15) is 0 Å². The van der Waals surface area contributed by atoms with Crippen molar-refractivity contribution in [2.75, 3.05) is 19.0 Å². The third-order valence-electron chi connectivity index (χ3n) is 2.18. The quantitative estimate of drug-likeness (QED) is 0.759. The van der Waals surface area contributed by atoms with Crippen LogP contribution in [0.2, 0.25) is 0 Å². The number of hydrogen-bond donors (Lipinski definition) is 2. The summed E-state index contributed by atoms with van der Waals surface area (Å²) in [5.74, 6) is 1.33. The van der Waals surface area contributed by atoms with Crippen molar-refractivity contribution in [3.05, 3.63) is 11.9 Å². The van der Waals surface area contributed by atoms with E-state index in [4.69, 9.17) is 9.84 Å². The van der Waals surface area contributed by atoms with Gasteiger partial charge in [0, 0.05) is 12.6 Å². The lowest BCUT2D eigenvalue weighted by molar-refractivity contribution is 0.282. The Bertz CT molecular complexity index is 318. The maximum absolute atomic E-state index is 8.79. The van der Waals surface area contributed by atoms with Crippen LogP contribution in [0.5, 0.6) is 5.88 Å². The molecular formula is C10H17N3O2. The van der Waals surface area contributed by atoms with Crippen LogP contribution in [0, 0.1) is 6.92 Å². The summed E-state index contributed by atoms with van der Waals surface area (Å²) in [6.45, 7) is 4.05. The van der Waals surface area contributed by atoms with Gasteiger partial charge in [-0.15, -0.1) is 0 Å². The Morgan fingerprint density at radius 1 is 1.53 bits per heavy atom. The normalized spacial score (nSPS) is 12.3. The van der Waals surface area contributed by atoms with Crippen LogP contribution in [0.25, 0.3) is 0 Å². The fraction of sp³-hybridized carbons (Fsp3) is 0.600. The average molecular weight is 211 g/mol.